The van der Waals surface area contributed by atoms with Crippen LogP contribution in [0.15, 0.2) is 71.5 Å². The fourth-order valence-electron chi connectivity index (χ4n) is 4.94. The summed E-state index contributed by atoms with van der Waals surface area (Å²) in [4.78, 5) is 13.9. The summed E-state index contributed by atoms with van der Waals surface area (Å²) in [5.74, 6) is 1.24. The number of aromatic nitrogens is 3. The highest BCUT2D eigenvalue weighted by Gasteiger charge is 2.17. The van der Waals surface area contributed by atoms with Crippen LogP contribution in [-0.4, -0.2) is 52.5 Å². The number of fused-ring (bicyclic) bond motifs is 2. The lowest BCUT2D eigenvalue weighted by Crippen LogP contribution is -2.45. The Bertz CT molecular complexity index is 1250. The standard InChI is InChI=1S/C20H24BrN5.C9H11N/c1-24-8-10-25(11-9-24)20-7-3-6-19-23-18(15-26(19)20)14-22-13-16-4-2-5-17(21)12-16;1-2-6-9-8(4-1)5-3-7-10-9/h2-7,12,15,22H,8-11,13-14H2,1H3;3,5,7H,1-2,4,6H2. The van der Waals surface area contributed by atoms with E-state index in [1.165, 1.54) is 48.3 Å². The molecule has 6 rings (SSSR count). The first-order valence-corrected chi connectivity index (χ1v) is 13.7. The summed E-state index contributed by atoms with van der Waals surface area (Å²) >= 11 is 3.52. The molecule has 36 heavy (non-hydrogen) atoms. The first-order chi connectivity index (χ1) is 17.7. The number of benzene rings is 1. The summed E-state index contributed by atoms with van der Waals surface area (Å²) in [6.45, 7) is 5.92. The molecule has 188 valence electrons. The minimum Gasteiger partial charge on any atom is -0.355 e. The lowest BCUT2D eigenvalue weighted by molar-refractivity contribution is 0.312. The Balaban J connectivity index is 0.000000222. The molecule has 1 N–H and O–H groups in total. The van der Waals surface area contributed by atoms with Crippen molar-refractivity contribution >= 4 is 27.4 Å². The number of nitrogens with zero attached hydrogens (tertiary/aromatic N) is 5. The number of piperazine rings is 1. The van der Waals surface area contributed by atoms with Crippen LogP contribution < -0.4 is 10.2 Å². The predicted octanol–water partition coefficient (Wildman–Crippen LogP) is 5.10. The Labute approximate surface area is 222 Å². The van der Waals surface area contributed by atoms with Crippen LogP contribution in [0.25, 0.3) is 5.65 Å². The van der Waals surface area contributed by atoms with Crippen LogP contribution in [0.4, 0.5) is 5.82 Å². The maximum Gasteiger partial charge on any atom is 0.138 e. The van der Waals surface area contributed by atoms with Crippen molar-refractivity contribution in [3.63, 3.8) is 0 Å². The highest BCUT2D eigenvalue weighted by atomic mass is 79.9. The summed E-state index contributed by atoms with van der Waals surface area (Å²) in [5.41, 5.74) is 6.14. The minimum atomic E-state index is 0.760. The van der Waals surface area contributed by atoms with Crippen molar-refractivity contribution in [2.24, 2.45) is 0 Å². The monoisotopic (exact) mass is 546 g/mol. The summed E-state index contributed by atoms with van der Waals surface area (Å²) in [6.07, 6.45) is 9.16. The van der Waals surface area contributed by atoms with Gasteiger partial charge in [-0.25, -0.2) is 4.98 Å². The molecule has 1 aliphatic carbocycles. The zero-order valence-corrected chi connectivity index (χ0v) is 22.6. The number of rotatable bonds is 5. The Kier molecular flexibility index (Phi) is 8.31. The molecule has 0 unspecified atom stereocenters. The van der Waals surface area contributed by atoms with E-state index in [1.54, 1.807) is 0 Å². The second-order valence-corrected chi connectivity index (χ2v) is 10.6. The van der Waals surface area contributed by atoms with Crippen LogP contribution in [-0.2, 0) is 25.9 Å². The number of anilines is 1. The molecule has 1 aliphatic heterocycles. The molecule has 2 aliphatic rings. The molecule has 0 bridgehead atoms. The maximum absolute atomic E-state index is 4.79. The molecule has 1 fully saturated rings. The third-order valence-corrected chi connectivity index (χ3v) is 7.46. The van der Waals surface area contributed by atoms with Gasteiger partial charge in [0, 0.05) is 61.8 Å². The van der Waals surface area contributed by atoms with E-state index in [0.717, 1.165) is 55.1 Å². The van der Waals surface area contributed by atoms with E-state index in [9.17, 15) is 0 Å². The average Bonchev–Trinajstić information content (AvgIpc) is 3.33. The molecule has 1 saturated heterocycles. The topological polar surface area (TPSA) is 48.7 Å². The molecule has 1 aromatic carbocycles. The number of imidazole rings is 1. The molecule has 7 heteroatoms. The van der Waals surface area contributed by atoms with Crippen molar-refractivity contribution in [2.45, 2.75) is 38.8 Å². The van der Waals surface area contributed by atoms with E-state index < -0.39 is 0 Å². The third kappa shape index (κ3) is 6.33. The Morgan fingerprint density at radius 1 is 0.917 bits per heavy atom. The van der Waals surface area contributed by atoms with Crippen molar-refractivity contribution in [1.29, 1.82) is 0 Å². The van der Waals surface area contributed by atoms with Gasteiger partial charge in [-0.3, -0.25) is 9.38 Å². The largest absolute Gasteiger partial charge is 0.355 e. The van der Waals surface area contributed by atoms with Gasteiger partial charge in [-0.2, -0.15) is 0 Å². The van der Waals surface area contributed by atoms with Crippen LogP contribution in [0, 0.1) is 0 Å². The molecule has 3 aromatic heterocycles. The lowest BCUT2D eigenvalue weighted by atomic mass is 9.96. The van der Waals surface area contributed by atoms with Crippen molar-refractivity contribution in [1.82, 2.24) is 24.6 Å². The molecule has 0 saturated carbocycles. The van der Waals surface area contributed by atoms with E-state index in [2.05, 4.69) is 96.1 Å². The Hall–Kier alpha value is -2.74. The van der Waals surface area contributed by atoms with Crippen molar-refractivity contribution in [2.75, 3.05) is 38.1 Å². The van der Waals surface area contributed by atoms with Gasteiger partial charge in [-0.1, -0.05) is 40.2 Å². The van der Waals surface area contributed by atoms with Gasteiger partial charge >= 0.3 is 0 Å². The number of pyridine rings is 2. The minimum absolute atomic E-state index is 0.760. The van der Waals surface area contributed by atoms with Crippen LogP contribution in [0.2, 0.25) is 0 Å². The number of nitrogens with one attached hydrogen (secondary N) is 1. The highest BCUT2D eigenvalue weighted by molar-refractivity contribution is 9.10. The zero-order valence-electron chi connectivity index (χ0n) is 21.0. The van der Waals surface area contributed by atoms with E-state index in [4.69, 9.17) is 4.98 Å². The van der Waals surface area contributed by atoms with Crippen LogP contribution in [0.5, 0.6) is 0 Å². The van der Waals surface area contributed by atoms with E-state index in [1.807, 2.05) is 18.3 Å². The van der Waals surface area contributed by atoms with Gasteiger partial charge in [-0.05, 0) is 74.2 Å². The first-order valence-electron chi connectivity index (χ1n) is 12.9. The number of hydrogen-bond donors (Lipinski definition) is 1. The van der Waals surface area contributed by atoms with Gasteiger partial charge in [0.15, 0.2) is 0 Å². The highest BCUT2D eigenvalue weighted by Crippen LogP contribution is 2.20. The first kappa shape index (κ1) is 24.9. The van der Waals surface area contributed by atoms with E-state index in [-0.39, 0.29) is 0 Å². The second kappa shape index (κ2) is 12.0. The van der Waals surface area contributed by atoms with Gasteiger partial charge in [0.05, 0.1) is 5.69 Å². The van der Waals surface area contributed by atoms with E-state index >= 15 is 0 Å². The van der Waals surface area contributed by atoms with Gasteiger partial charge in [0.2, 0.25) is 0 Å². The van der Waals surface area contributed by atoms with Crippen LogP contribution in [0.3, 0.4) is 0 Å². The van der Waals surface area contributed by atoms with Crippen molar-refractivity contribution in [3.05, 3.63) is 94.0 Å². The maximum atomic E-state index is 4.79. The normalized spacial score (nSPS) is 15.9. The van der Waals surface area contributed by atoms with Gasteiger partial charge in [0.25, 0.3) is 0 Å². The molecule has 0 radical (unpaired) electrons. The van der Waals surface area contributed by atoms with Gasteiger partial charge in [0.1, 0.15) is 11.5 Å². The molecule has 4 heterocycles. The Morgan fingerprint density at radius 3 is 2.58 bits per heavy atom. The molecule has 0 spiro atoms. The van der Waals surface area contributed by atoms with E-state index in [0.29, 0.717) is 0 Å². The number of likely N-dealkylation sites (N-methyl/N-ethyl adjacent to an activating group) is 1. The predicted molar refractivity (Wildman–Crippen MR) is 150 cm³/mol. The van der Waals surface area contributed by atoms with Crippen molar-refractivity contribution < 1.29 is 0 Å². The summed E-state index contributed by atoms with van der Waals surface area (Å²) < 4.78 is 3.34. The van der Waals surface area contributed by atoms with Crippen LogP contribution in [0.1, 0.15) is 35.4 Å². The fourth-order valence-corrected chi connectivity index (χ4v) is 5.39. The quantitative estimate of drug-likeness (QED) is 0.377. The second-order valence-electron chi connectivity index (χ2n) is 9.68. The summed E-state index contributed by atoms with van der Waals surface area (Å²) in [7, 11) is 2.18. The zero-order chi connectivity index (χ0) is 24.7. The lowest BCUT2D eigenvalue weighted by Gasteiger charge is -2.34. The number of aryl methyl sites for hydroxylation is 2. The SMILES string of the molecule is CN1CCN(c2cccc3nc(CNCc4cccc(Br)c4)cn23)CC1.c1cnc2c(c1)CCCC2. The summed E-state index contributed by atoms with van der Waals surface area (Å²) in [5, 5.41) is 3.49. The number of halogens is 1. The molecule has 4 aromatic rings. The van der Waals surface area contributed by atoms with Gasteiger partial charge < -0.3 is 15.1 Å². The molecular weight excluding hydrogens is 512 g/mol. The third-order valence-electron chi connectivity index (χ3n) is 6.97. The van der Waals surface area contributed by atoms with Crippen LogP contribution >= 0.6 is 15.9 Å². The average molecular weight is 548 g/mol. The molecule has 0 atom stereocenters. The Morgan fingerprint density at radius 2 is 1.75 bits per heavy atom. The molecular formula is C29H35BrN6. The molecule has 0 amide bonds. The summed E-state index contributed by atoms with van der Waals surface area (Å²) in [6, 6.07) is 19.0. The van der Waals surface area contributed by atoms with Gasteiger partial charge in [-0.15, -0.1) is 0 Å². The fraction of sp³-hybridized carbons (Fsp3) is 0.379. The molecule has 6 nitrogen and oxygen atoms in total. The number of hydrogen-bond acceptors (Lipinski definition) is 5. The smallest absolute Gasteiger partial charge is 0.138 e. The van der Waals surface area contributed by atoms with Crippen molar-refractivity contribution in [3.8, 4) is 0 Å².